The highest BCUT2D eigenvalue weighted by Gasteiger charge is 2.38. The number of hydrogen-bond donors (Lipinski definition) is 2. The van der Waals surface area contributed by atoms with E-state index in [2.05, 4.69) is 25.2 Å². The molecule has 0 atom stereocenters. The van der Waals surface area contributed by atoms with Crippen LogP contribution in [-0.4, -0.2) is 68.1 Å². The molecule has 0 radical (unpaired) electrons. The number of nitrogens with zero attached hydrogens (tertiary/aromatic N) is 5. The molecule has 45 heavy (non-hydrogen) atoms. The Morgan fingerprint density at radius 1 is 1.02 bits per heavy atom. The molecule has 2 fully saturated rings. The predicted molar refractivity (Wildman–Crippen MR) is 157 cm³/mol. The van der Waals surface area contributed by atoms with Crippen molar-refractivity contribution in [1.29, 1.82) is 0 Å². The molecule has 0 unspecified atom stereocenters. The van der Waals surface area contributed by atoms with Crippen LogP contribution in [0.4, 0.5) is 31.5 Å². The maximum absolute atomic E-state index is 14.0. The van der Waals surface area contributed by atoms with Crippen LogP contribution in [0.1, 0.15) is 40.0 Å². The van der Waals surface area contributed by atoms with E-state index < -0.39 is 33.5 Å². The van der Waals surface area contributed by atoms with Crippen molar-refractivity contribution >= 4 is 38.3 Å². The van der Waals surface area contributed by atoms with Gasteiger partial charge in [0.1, 0.15) is 0 Å². The fourth-order valence-corrected chi connectivity index (χ4v) is 6.19. The van der Waals surface area contributed by atoms with Crippen LogP contribution in [0.3, 0.4) is 0 Å². The van der Waals surface area contributed by atoms with Crippen molar-refractivity contribution in [3.8, 4) is 5.88 Å². The van der Waals surface area contributed by atoms with E-state index in [0.29, 0.717) is 52.0 Å². The maximum Gasteiger partial charge on any atom is 0.416 e. The number of rotatable bonds is 5. The normalized spacial score (nSPS) is 17.8. The third-order valence-electron chi connectivity index (χ3n) is 7.37. The van der Waals surface area contributed by atoms with Gasteiger partial charge in [0.15, 0.2) is 5.13 Å². The van der Waals surface area contributed by atoms with Crippen LogP contribution in [-0.2, 0) is 28.8 Å². The maximum atomic E-state index is 14.0. The summed E-state index contributed by atoms with van der Waals surface area (Å²) in [5, 5.41) is 24.7. The summed E-state index contributed by atoms with van der Waals surface area (Å²) in [6, 6.07) is 7.26. The van der Waals surface area contributed by atoms with Gasteiger partial charge in [0.05, 0.1) is 33.8 Å². The van der Waals surface area contributed by atoms with E-state index in [1.54, 1.807) is 18.2 Å². The molecular formula is C28H28F6N6O3S2. The first-order chi connectivity index (χ1) is 21.0. The first kappa shape index (κ1) is 32.8. The summed E-state index contributed by atoms with van der Waals surface area (Å²) in [4.78, 5) is 9.07. The number of thiazole rings is 1. The van der Waals surface area contributed by atoms with E-state index >= 15 is 0 Å². The van der Waals surface area contributed by atoms with Gasteiger partial charge in [0.25, 0.3) is 0 Å². The first-order valence-corrected chi connectivity index (χ1v) is 16.4. The van der Waals surface area contributed by atoms with Crippen LogP contribution >= 0.6 is 11.3 Å². The lowest BCUT2D eigenvalue weighted by Gasteiger charge is -2.34. The highest BCUT2D eigenvalue weighted by Crippen LogP contribution is 2.41. The molecule has 3 aliphatic rings. The monoisotopic (exact) mass is 674 g/mol. The van der Waals surface area contributed by atoms with Crippen molar-refractivity contribution in [1.82, 2.24) is 9.88 Å². The van der Waals surface area contributed by atoms with Gasteiger partial charge < -0.3 is 10.0 Å². The number of aromatic hydroxyl groups is 1. The summed E-state index contributed by atoms with van der Waals surface area (Å²) in [7, 11) is -3.17. The molecule has 1 aromatic heterocycles. The lowest BCUT2D eigenvalue weighted by Crippen LogP contribution is -2.47. The Morgan fingerprint density at radius 2 is 1.69 bits per heavy atom. The molecule has 0 bridgehead atoms. The topological polar surface area (TPSA) is 124 Å². The molecule has 2 aromatic carbocycles. The Balaban J connectivity index is 0.000000743. The fourth-order valence-electron chi connectivity index (χ4n) is 5.12. The molecule has 9 nitrogen and oxygen atoms in total. The molecule has 1 saturated carbocycles. The number of piperazine rings is 1. The lowest BCUT2D eigenvalue weighted by molar-refractivity contribution is -0.143. The van der Waals surface area contributed by atoms with E-state index in [1.807, 2.05) is 4.90 Å². The van der Waals surface area contributed by atoms with Crippen LogP contribution in [0.15, 0.2) is 46.6 Å². The van der Waals surface area contributed by atoms with Crippen molar-refractivity contribution in [2.24, 2.45) is 15.3 Å². The number of nitrogens with two attached hydrogens (primary N) is 1. The van der Waals surface area contributed by atoms with Gasteiger partial charge in [-0.2, -0.15) is 41.5 Å². The van der Waals surface area contributed by atoms with Crippen molar-refractivity contribution in [3.63, 3.8) is 0 Å². The number of anilines is 1. The standard InChI is InChI=1S/C27H23F6N5OS.CH5NO2S/c28-26(29,30)18-3-1-16(21(13-18)27(31,32)33)12-20(15-2-6-22-17(11-15)14-34-36-22)23-24(39)35-25(40-23)38-9-7-37(8-10-38)19-4-5-19;1-5(2,3)4/h1-3,6,11,13-14,19,39H,4-5,7-10,12H2;1H3,(H2,2,3,4). The minimum Gasteiger partial charge on any atom is -0.492 e. The predicted octanol–water partition coefficient (Wildman–Crippen LogP) is 3.48. The SMILES string of the molecule is CS(N)(=O)=O.Oc1nc(N2CCN(C3CC3)CC2)sc1C(Cc1ccc(C(F)(F)F)cc1C(F)(F)F)=c1ccc2c(c1)C=NN=2. The number of hydrogen-bond acceptors (Lipinski definition) is 9. The van der Waals surface area contributed by atoms with Gasteiger partial charge in [-0.15, -0.1) is 0 Å². The van der Waals surface area contributed by atoms with Gasteiger partial charge in [-0.25, -0.2) is 13.6 Å². The van der Waals surface area contributed by atoms with Gasteiger partial charge in [0.2, 0.25) is 15.9 Å². The minimum absolute atomic E-state index is 0.137. The molecule has 17 heteroatoms. The highest BCUT2D eigenvalue weighted by atomic mass is 32.2. The van der Waals surface area contributed by atoms with E-state index in [1.165, 1.54) is 19.1 Å². The van der Waals surface area contributed by atoms with Gasteiger partial charge >= 0.3 is 12.4 Å². The Morgan fingerprint density at radius 3 is 2.29 bits per heavy atom. The van der Waals surface area contributed by atoms with E-state index in [4.69, 9.17) is 0 Å². The summed E-state index contributed by atoms with van der Waals surface area (Å²) in [6.07, 6.45) is -5.49. The summed E-state index contributed by atoms with van der Waals surface area (Å²) in [5.74, 6) is -0.334. The average molecular weight is 675 g/mol. The molecule has 0 amide bonds. The van der Waals surface area contributed by atoms with Gasteiger partial charge in [0, 0.05) is 44.2 Å². The number of halogens is 6. The summed E-state index contributed by atoms with van der Waals surface area (Å²) >= 11 is 1.16. The Bertz CT molecular complexity index is 1840. The van der Waals surface area contributed by atoms with Crippen LogP contribution in [0, 0.1) is 0 Å². The highest BCUT2D eigenvalue weighted by molar-refractivity contribution is 7.88. The van der Waals surface area contributed by atoms with E-state index in [-0.39, 0.29) is 28.8 Å². The van der Waals surface area contributed by atoms with Gasteiger partial charge in [-0.05, 0) is 53.5 Å². The minimum atomic E-state index is -5.02. The molecule has 1 aliphatic carbocycles. The molecule has 3 heterocycles. The molecular weight excluding hydrogens is 646 g/mol. The zero-order valence-corrected chi connectivity index (χ0v) is 25.4. The zero-order chi connectivity index (χ0) is 32.7. The van der Waals surface area contributed by atoms with E-state index in [9.17, 15) is 39.9 Å². The van der Waals surface area contributed by atoms with Crippen molar-refractivity contribution < 1.29 is 39.9 Å². The van der Waals surface area contributed by atoms with Crippen LogP contribution in [0.5, 0.6) is 5.88 Å². The van der Waals surface area contributed by atoms with Crippen molar-refractivity contribution in [2.45, 2.75) is 37.7 Å². The molecule has 242 valence electrons. The van der Waals surface area contributed by atoms with Crippen molar-refractivity contribution in [2.75, 3.05) is 37.3 Å². The Labute approximate surface area is 258 Å². The van der Waals surface area contributed by atoms with E-state index in [0.717, 1.165) is 36.7 Å². The average Bonchev–Trinajstić information content (AvgIpc) is 3.56. The smallest absolute Gasteiger partial charge is 0.416 e. The van der Waals surface area contributed by atoms with Crippen LogP contribution in [0.25, 0.3) is 5.57 Å². The second-order valence-electron chi connectivity index (χ2n) is 10.9. The number of fused-ring (bicyclic) bond motifs is 1. The summed E-state index contributed by atoms with van der Waals surface area (Å²) < 4.78 is 101. The van der Waals surface area contributed by atoms with Crippen LogP contribution in [0.2, 0.25) is 0 Å². The molecule has 0 spiro atoms. The summed E-state index contributed by atoms with van der Waals surface area (Å²) in [5.41, 5.74) is -2.15. The van der Waals surface area contributed by atoms with Gasteiger partial charge in [-0.3, -0.25) is 4.90 Å². The molecule has 3 aromatic rings. The molecule has 1 saturated heterocycles. The number of benzene rings is 2. The van der Waals surface area contributed by atoms with Crippen molar-refractivity contribution in [3.05, 3.63) is 74.1 Å². The molecule has 2 aliphatic heterocycles. The first-order valence-electron chi connectivity index (χ1n) is 13.7. The second-order valence-corrected chi connectivity index (χ2v) is 13.5. The largest absolute Gasteiger partial charge is 0.492 e. The van der Waals surface area contributed by atoms with Gasteiger partial charge in [-0.1, -0.05) is 23.5 Å². The quantitative estimate of drug-likeness (QED) is 0.400. The number of sulfonamides is 1. The lowest BCUT2D eigenvalue weighted by atomic mass is 9.94. The number of primary sulfonamides is 1. The Hall–Kier alpha value is -3.54. The third kappa shape index (κ3) is 8.19. The number of aromatic nitrogens is 1. The third-order valence-corrected chi connectivity index (χ3v) is 8.53. The zero-order valence-electron chi connectivity index (χ0n) is 23.7. The molecule has 3 N–H and O–H groups in total. The number of alkyl halides is 6. The Kier molecular flexibility index (Phi) is 9.00. The summed E-state index contributed by atoms with van der Waals surface area (Å²) in [6.45, 7) is 3.11. The second kappa shape index (κ2) is 12.3. The fraction of sp³-hybridized carbons (Fsp3) is 0.393. The van der Waals surface area contributed by atoms with Crippen LogP contribution < -0.4 is 20.6 Å². The molecule has 6 rings (SSSR count).